The first-order valence-corrected chi connectivity index (χ1v) is 5.24. The molecular weight excluding hydrogens is 225 g/mol. The molecule has 0 aromatic heterocycles. The zero-order chi connectivity index (χ0) is 10.8. The second-order valence-corrected chi connectivity index (χ2v) is 4.93. The van der Waals surface area contributed by atoms with E-state index in [2.05, 4.69) is 10.6 Å². The minimum Gasteiger partial charge on any atom is -0.341 e. The van der Waals surface area contributed by atoms with Gasteiger partial charge in [-0.1, -0.05) is 0 Å². The lowest BCUT2D eigenvalue weighted by Gasteiger charge is -2.31. The third-order valence-electron chi connectivity index (χ3n) is 2.21. The molecule has 1 amide bonds. The van der Waals surface area contributed by atoms with Gasteiger partial charge in [0.2, 0.25) is 5.91 Å². The maximum absolute atomic E-state index is 11.5. The van der Waals surface area contributed by atoms with E-state index in [9.17, 15) is 4.79 Å². The molecule has 1 saturated heterocycles. The fraction of sp³-hybridized carbons (Fsp3) is 0.875. The molecule has 6 heteroatoms. The lowest BCUT2D eigenvalue weighted by Crippen LogP contribution is -2.55. The first-order chi connectivity index (χ1) is 6.42. The second-order valence-electron chi connectivity index (χ2n) is 4.09. The van der Waals surface area contributed by atoms with Gasteiger partial charge in [-0.15, -0.1) is 3.94 Å². The highest BCUT2D eigenvalue weighted by Crippen LogP contribution is 2.23. The molecule has 1 unspecified atom stereocenters. The molecule has 0 bridgehead atoms. The minimum atomic E-state index is -0.545. The number of halogens is 2. The monoisotopic (exact) mass is 239 g/mol. The molecule has 1 fully saturated rings. The summed E-state index contributed by atoms with van der Waals surface area (Å²) in [6.45, 7) is 4.58. The van der Waals surface area contributed by atoms with Crippen molar-refractivity contribution in [2.75, 3.05) is 6.54 Å². The molecule has 0 aromatic rings. The Bertz CT molecular complexity index is 217. The van der Waals surface area contributed by atoms with Crippen LogP contribution in [0, 0.1) is 0 Å². The van der Waals surface area contributed by atoms with Gasteiger partial charge in [0, 0.05) is 13.0 Å². The zero-order valence-corrected chi connectivity index (χ0v) is 9.82. The first-order valence-electron chi connectivity index (χ1n) is 4.56. The van der Waals surface area contributed by atoms with E-state index in [1.165, 1.54) is 0 Å². The number of hydrogen-bond donors (Lipinski definition) is 2. The average molecular weight is 240 g/mol. The maximum Gasteiger partial charge on any atom is 0.223 e. The number of nitrogens with zero attached hydrogens (tertiary/aromatic N) is 1. The van der Waals surface area contributed by atoms with E-state index in [0.717, 1.165) is 16.9 Å². The van der Waals surface area contributed by atoms with Crippen molar-refractivity contribution in [1.82, 2.24) is 14.6 Å². The highest BCUT2D eigenvalue weighted by molar-refractivity contribution is 6.34. The lowest BCUT2D eigenvalue weighted by atomic mass is 10.0. The van der Waals surface area contributed by atoms with Gasteiger partial charge in [0.05, 0.1) is 11.7 Å². The molecule has 0 radical (unpaired) electrons. The Balaban J connectivity index is 2.31. The van der Waals surface area contributed by atoms with Crippen molar-refractivity contribution < 1.29 is 4.79 Å². The highest BCUT2D eigenvalue weighted by atomic mass is 35.5. The Hall–Kier alpha value is -0.0300. The summed E-state index contributed by atoms with van der Waals surface area (Å²) in [5.74, 6) is -0.0431. The molecule has 1 atom stereocenters. The van der Waals surface area contributed by atoms with E-state index >= 15 is 0 Å². The summed E-state index contributed by atoms with van der Waals surface area (Å²) in [5, 5.41) is 5.91. The fourth-order valence-corrected chi connectivity index (χ4v) is 1.23. The van der Waals surface area contributed by atoms with Crippen molar-refractivity contribution in [2.45, 2.75) is 38.4 Å². The highest BCUT2D eigenvalue weighted by Gasteiger charge is 2.29. The third-order valence-corrected chi connectivity index (χ3v) is 3.12. The molecule has 82 valence electrons. The summed E-state index contributed by atoms with van der Waals surface area (Å²) in [5.41, 5.74) is -0.545. The Morgan fingerprint density at radius 1 is 1.64 bits per heavy atom. The predicted molar refractivity (Wildman–Crippen MR) is 56.8 cm³/mol. The van der Waals surface area contributed by atoms with Crippen molar-refractivity contribution >= 4 is 29.5 Å². The standard InChI is InChI=1S/C8H15Cl2N3O/c1-8(2,13(9)10)5-7(14)12-6-3-4-11-6/h6,11H,3-5H2,1-2H3,(H,12,14). The number of nitrogens with one attached hydrogen (secondary N) is 2. The Labute approximate surface area is 94.1 Å². The summed E-state index contributed by atoms with van der Waals surface area (Å²) in [6, 6.07) is 0. The van der Waals surface area contributed by atoms with Crippen LogP contribution in [0.15, 0.2) is 0 Å². The topological polar surface area (TPSA) is 44.4 Å². The number of rotatable bonds is 4. The van der Waals surface area contributed by atoms with Crippen LogP contribution < -0.4 is 10.6 Å². The maximum atomic E-state index is 11.5. The number of hydrogen-bond acceptors (Lipinski definition) is 3. The van der Waals surface area contributed by atoms with Gasteiger partial charge in [-0.3, -0.25) is 10.1 Å². The van der Waals surface area contributed by atoms with Crippen LogP contribution in [0.1, 0.15) is 26.7 Å². The van der Waals surface area contributed by atoms with Crippen molar-refractivity contribution in [3.63, 3.8) is 0 Å². The van der Waals surface area contributed by atoms with E-state index < -0.39 is 5.54 Å². The van der Waals surface area contributed by atoms with E-state index in [-0.39, 0.29) is 18.5 Å². The molecule has 1 rings (SSSR count). The quantitative estimate of drug-likeness (QED) is 0.726. The van der Waals surface area contributed by atoms with Gasteiger partial charge in [-0.05, 0) is 43.8 Å². The largest absolute Gasteiger partial charge is 0.341 e. The number of carbonyl (C=O) groups excluding carboxylic acids is 1. The van der Waals surface area contributed by atoms with Crippen LogP contribution in [0.2, 0.25) is 0 Å². The van der Waals surface area contributed by atoms with Crippen LogP contribution in [-0.4, -0.2) is 28.1 Å². The molecule has 2 N–H and O–H groups in total. The third kappa shape index (κ3) is 3.28. The Morgan fingerprint density at radius 3 is 2.57 bits per heavy atom. The average Bonchev–Trinajstić information content (AvgIpc) is 1.96. The van der Waals surface area contributed by atoms with Crippen LogP contribution in [0.25, 0.3) is 0 Å². The van der Waals surface area contributed by atoms with Gasteiger partial charge in [-0.2, -0.15) is 0 Å². The van der Waals surface area contributed by atoms with Crippen molar-refractivity contribution in [3.8, 4) is 0 Å². The molecule has 0 aromatic carbocycles. The van der Waals surface area contributed by atoms with Crippen LogP contribution in [-0.2, 0) is 4.79 Å². The Morgan fingerprint density at radius 2 is 2.21 bits per heavy atom. The lowest BCUT2D eigenvalue weighted by molar-refractivity contribution is -0.124. The van der Waals surface area contributed by atoms with Gasteiger partial charge < -0.3 is 5.32 Å². The van der Waals surface area contributed by atoms with Gasteiger partial charge in [0.25, 0.3) is 0 Å². The summed E-state index contributed by atoms with van der Waals surface area (Å²) in [7, 11) is 0. The van der Waals surface area contributed by atoms with E-state index in [1.807, 2.05) is 0 Å². The zero-order valence-electron chi connectivity index (χ0n) is 8.31. The molecule has 14 heavy (non-hydrogen) atoms. The summed E-state index contributed by atoms with van der Waals surface area (Å²) >= 11 is 11.2. The summed E-state index contributed by atoms with van der Waals surface area (Å²) < 4.78 is 1.01. The first kappa shape index (κ1) is 12.0. The molecule has 0 aliphatic carbocycles. The molecule has 1 aliphatic heterocycles. The number of carbonyl (C=O) groups is 1. The molecule has 0 spiro atoms. The predicted octanol–water partition coefficient (Wildman–Crippen LogP) is 1.20. The molecule has 4 nitrogen and oxygen atoms in total. The smallest absolute Gasteiger partial charge is 0.223 e. The van der Waals surface area contributed by atoms with E-state index in [1.54, 1.807) is 13.8 Å². The van der Waals surface area contributed by atoms with E-state index in [0.29, 0.717) is 0 Å². The van der Waals surface area contributed by atoms with Crippen molar-refractivity contribution in [3.05, 3.63) is 0 Å². The van der Waals surface area contributed by atoms with Gasteiger partial charge in [0.15, 0.2) is 0 Å². The van der Waals surface area contributed by atoms with Gasteiger partial charge in [-0.25, -0.2) is 0 Å². The molecule has 1 heterocycles. The fourth-order valence-electron chi connectivity index (χ4n) is 1.11. The molecule has 0 saturated carbocycles. The van der Waals surface area contributed by atoms with Crippen LogP contribution in [0.5, 0.6) is 0 Å². The van der Waals surface area contributed by atoms with Crippen LogP contribution in [0.4, 0.5) is 0 Å². The summed E-state index contributed by atoms with van der Waals surface area (Å²) in [6.07, 6.45) is 1.38. The van der Waals surface area contributed by atoms with Crippen LogP contribution in [0.3, 0.4) is 0 Å². The molecule has 1 aliphatic rings. The SMILES string of the molecule is CC(C)(CC(=O)NC1CCN1)N(Cl)Cl. The van der Waals surface area contributed by atoms with Crippen molar-refractivity contribution in [2.24, 2.45) is 0 Å². The van der Waals surface area contributed by atoms with Gasteiger partial charge in [0.1, 0.15) is 0 Å². The number of amides is 1. The second kappa shape index (κ2) is 4.66. The van der Waals surface area contributed by atoms with E-state index in [4.69, 9.17) is 23.6 Å². The van der Waals surface area contributed by atoms with Gasteiger partial charge >= 0.3 is 0 Å². The van der Waals surface area contributed by atoms with Crippen LogP contribution >= 0.6 is 23.6 Å². The van der Waals surface area contributed by atoms with Crippen molar-refractivity contribution in [1.29, 1.82) is 0 Å². The molecular formula is C8H15Cl2N3O. The Kier molecular flexibility index (Phi) is 4.01. The summed E-state index contributed by atoms with van der Waals surface area (Å²) in [4.78, 5) is 11.5. The minimum absolute atomic E-state index is 0.0431. The normalized spacial score (nSPS) is 21.9.